The summed E-state index contributed by atoms with van der Waals surface area (Å²) in [5, 5.41) is 6.55. The molecule has 1 amide bonds. The van der Waals surface area contributed by atoms with Crippen molar-refractivity contribution in [3.63, 3.8) is 0 Å². The van der Waals surface area contributed by atoms with E-state index in [2.05, 4.69) is 20.6 Å². The molecule has 0 saturated heterocycles. The highest BCUT2D eigenvalue weighted by Crippen LogP contribution is 2.14. The molecule has 1 aromatic heterocycles. The highest BCUT2D eigenvalue weighted by atomic mass is 35.5. The van der Waals surface area contributed by atoms with Crippen LogP contribution in [0.2, 0.25) is 5.02 Å². The fourth-order valence-corrected chi connectivity index (χ4v) is 2.12. The van der Waals surface area contributed by atoms with E-state index >= 15 is 0 Å². The molecule has 1 aromatic carbocycles. The summed E-state index contributed by atoms with van der Waals surface area (Å²) < 4.78 is 0. The molecule has 0 aliphatic heterocycles. The SMILES string of the molecule is Cc1cc(C(=O)NCc2ccccc2Cl)nc(NC(C)C)n1. The molecule has 5 nitrogen and oxygen atoms in total. The Morgan fingerprint density at radius 3 is 2.68 bits per heavy atom. The molecular formula is C16H19ClN4O. The molecule has 0 fully saturated rings. The van der Waals surface area contributed by atoms with Crippen LogP contribution in [0.25, 0.3) is 0 Å². The zero-order chi connectivity index (χ0) is 16.1. The molecule has 1 heterocycles. The molecule has 0 saturated carbocycles. The van der Waals surface area contributed by atoms with Crippen LogP contribution in [0.5, 0.6) is 0 Å². The molecule has 0 radical (unpaired) electrons. The number of hydrogen-bond donors (Lipinski definition) is 2. The van der Waals surface area contributed by atoms with Crippen molar-refractivity contribution in [3.8, 4) is 0 Å². The average Bonchev–Trinajstić information content (AvgIpc) is 2.44. The van der Waals surface area contributed by atoms with Gasteiger partial charge < -0.3 is 10.6 Å². The van der Waals surface area contributed by atoms with Crippen LogP contribution in [0, 0.1) is 6.92 Å². The van der Waals surface area contributed by atoms with E-state index in [4.69, 9.17) is 11.6 Å². The van der Waals surface area contributed by atoms with Gasteiger partial charge in [0.05, 0.1) is 0 Å². The van der Waals surface area contributed by atoms with Crippen LogP contribution in [-0.4, -0.2) is 21.9 Å². The van der Waals surface area contributed by atoms with Gasteiger partial charge in [0.15, 0.2) is 0 Å². The lowest BCUT2D eigenvalue weighted by atomic mass is 10.2. The Kier molecular flexibility index (Phi) is 5.33. The smallest absolute Gasteiger partial charge is 0.270 e. The quantitative estimate of drug-likeness (QED) is 0.888. The van der Waals surface area contributed by atoms with Gasteiger partial charge in [-0.1, -0.05) is 29.8 Å². The van der Waals surface area contributed by atoms with Crippen molar-refractivity contribution in [2.24, 2.45) is 0 Å². The van der Waals surface area contributed by atoms with Crippen LogP contribution in [0.4, 0.5) is 5.95 Å². The molecule has 0 atom stereocenters. The minimum absolute atomic E-state index is 0.195. The van der Waals surface area contributed by atoms with Gasteiger partial charge in [0.25, 0.3) is 5.91 Å². The molecule has 116 valence electrons. The number of nitrogens with one attached hydrogen (secondary N) is 2. The number of aromatic nitrogens is 2. The predicted octanol–water partition coefficient (Wildman–Crippen LogP) is 3.19. The maximum atomic E-state index is 12.2. The van der Waals surface area contributed by atoms with Gasteiger partial charge in [-0.05, 0) is 38.5 Å². The van der Waals surface area contributed by atoms with E-state index in [1.807, 2.05) is 39.0 Å². The maximum Gasteiger partial charge on any atom is 0.270 e. The van der Waals surface area contributed by atoms with Crippen LogP contribution >= 0.6 is 11.6 Å². The highest BCUT2D eigenvalue weighted by Gasteiger charge is 2.11. The summed E-state index contributed by atoms with van der Waals surface area (Å²) in [7, 11) is 0. The monoisotopic (exact) mass is 318 g/mol. The van der Waals surface area contributed by atoms with E-state index in [1.54, 1.807) is 12.1 Å². The summed E-state index contributed by atoms with van der Waals surface area (Å²) in [4.78, 5) is 20.8. The number of anilines is 1. The number of carbonyl (C=O) groups is 1. The molecule has 6 heteroatoms. The average molecular weight is 319 g/mol. The molecular weight excluding hydrogens is 300 g/mol. The zero-order valence-corrected chi connectivity index (χ0v) is 13.6. The van der Waals surface area contributed by atoms with Crippen molar-refractivity contribution in [1.29, 1.82) is 0 Å². The lowest BCUT2D eigenvalue weighted by Crippen LogP contribution is -2.25. The number of rotatable bonds is 5. The topological polar surface area (TPSA) is 66.9 Å². The van der Waals surface area contributed by atoms with E-state index < -0.39 is 0 Å². The third-order valence-corrected chi connectivity index (χ3v) is 3.27. The lowest BCUT2D eigenvalue weighted by molar-refractivity contribution is 0.0945. The number of aryl methyl sites for hydroxylation is 1. The first-order valence-corrected chi connectivity index (χ1v) is 7.47. The van der Waals surface area contributed by atoms with Crippen molar-refractivity contribution in [2.75, 3.05) is 5.32 Å². The molecule has 0 unspecified atom stereocenters. The van der Waals surface area contributed by atoms with Crippen molar-refractivity contribution in [2.45, 2.75) is 33.4 Å². The number of hydrogen-bond acceptors (Lipinski definition) is 4. The normalized spacial score (nSPS) is 10.6. The van der Waals surface area contributed by atoms with E-state index in [0.717, 1.165) is 11.3 Å². The Labute approximate surface area is 135 Å². The Bertz CT molecular complexity index is 673. The zero-order valence-electron chi connectivity index (χ0n) is 12.9. The molecule has 22 heavy (non-hydrogen) atoms. The first-order chi connectivity index (χ1) is 10.5. The van der Waals surface area contributed by atoms with Gasteiger partial charge in [-0.25, -0.2) is 9.97 Å². The number of nitrogens with zero attached hydrogens (tertiary/aromatic N) is 2. The third-order valence-electron chi connectivity index (χ3n) is 2.90. The van der Waals surface area contributed by atoms with Crippen molar-refractivity contribution in [1.82, 2.24) is 15.3 Å². The second kappa shape index (κ2) is 7.22. The van der Waals surface area contributed by atoms with Crippen LogP contribution in [0.1, 0.15) is 35.6 Å². The Balaban J connectivity index is 2.09. The Morgan fingerprint density at radius 1 is 1.27 bits per heavy atom. The van der Waals surface area contributed by atoms with Crippen LogP contribution < -0.4 is 10.6 Å². The Hall–Kier alpha value is -2.14. The predicted molar refractivity (Wildman–Crippen MR) is 88.1 cm³/mol. The van der Waals surface area contributed by atoms with Gasteiger partial charge in [0.2, 0.25) is 5.95 Å². The molecule has 0 aliphatic carbocycles. The largest absolute Gasteiger partial charge is 0.352 e. The summed E-state index contributed by atoms with van der Waals surface area (Å²) in [6.45, 7) is 6.16. The fraction of sp³-hybridized carbons (Fsp3) is 0.312. The van der Waals surface area contributed by atoms with Gasteiger partial charge in [-0.15, -0.1) is 0 Å². The number of benzene rings is 1. The summed E-state index contributed by atoms with van der Waals surface area (Å²) in [6.07, 6.45) is 0. The first kappa shape index (κ1) is 16.2. The molecule has 2 rings (SSSR count). The highest BCUT2D eigenvalue weighted by molar-refractivity contribution is 6.31. The summed E-state index contributed by atoms with van der Waals surface area (Å²) in [5.74, 6) is 0.204. The van der Waals surface area contributed by atoms with Gasteiger partial charge in [0.1, 0.15) is 5.69 Å². The van der Waals surface area contributed by atoms with Crippen LogP contribution in [0.3, 0.4) is 0 Å². The van der Waals surface area contributed by atoms with Gasteiger partial charge >= 0.3 is 0 Å². The van der Waals surface area contributed by atoms with Crippen LogP contribution in [-0.2, 0) is 6.54 Å². The standard InChI is InChI=1S/C16H19ClN4O/c1-10(2)19-16-20-11(3)8-14(21-16)15(22)18-9-12-6-4-5-7-13(12)17/h4-8,10H,9H2,1-3H3,(H,18,22)(H,19,20,21). The van der Waals surface area contributed by atoms with E-state index in [1.165, 1.54) is 0 Å². The molecule has 2 aromatic rings. The van der Waals surface area contributed by atoms with E-state index in [9.17, 15) is 4.79 Å². The minimum atomic E-state index is -0.253. The molecule has 0 aliphatic rings. The maximum absolute atomic E-state index is 12.2. The van der Waals surface area contributed by atoms with Gasteiger partial charge in [0, 0.05) is 23.3 Å². The fourth-order valence-electron chi connectivity index (χ4n) is 1.92. The van der Waals surface area contributed by atoms with Crippen molar-refractivity contribution in [3.05, 3.63) is 52.3 Å². The van der Waals surface area contributed by atoms with Crippen molar-refractivity contribution < 1.29 is 4.79 Å². The van der Waals surface area contributed by atoms with Crippen molar-refractivity contribution >= 4 is 23.5 Å². The second-order valence-corrected chi connectivity index (χ2v) is 5.70. The second-order valence-electron chi connectivity index (χ2n) is 5.29. The summed E-state index contributed by atoms with van der Waals surface area (Å²) in [6, 6.07) is 9.26. The van der Waals surface area contributed by atoms with Crippen LogP contribution in [0.15, 0.2) is 30.3 Å². The number of carbonyl (C=O) groups excluding carboxylic acids is 1. The van der Waals surface area contributed by atoms with E-state index in [-0.39, 0.29) is 11.9 Å². The lowest BCUT2D eigenvalue weighted by Gasteiger charge is -2.11. The first-order valence-electron chi connectivity index (χ1n) is 7.09. The minimum Gasteiger partial charge on any atom is -0.352 e. The van der Waals surface area contributed by atoms with E-state index in [0.29, 0.717) is 23.2 Å². The molecule has 0 spiro atoms. The number of amides is 1. The van der Waals surface area contributed by atoms with Gasteiger partial charge in [-0.2, -0.15) is 0 Å². The summed E-state index contributed by atoms with van der Waals surface area (Å²) >= 11 is 6.07. The van der Waals surface area contributed by atoms with Gasteiger partial charge in [-0.3, -0.25) is 4.79 Å². The Morgan fingerprint density at radius 2 is 2.00 bits per heavy atom. The third kappa shape index (κ3) is 4.43. The molecule has 2 N–H and O–H groups in total. The number of halogens is 1. The summed E-state index contributed by atoms with van der Waals surface area (Å²) in [5.41, 5.74) is 1.94. The molecule has 0 bridgehead atoms.